The minimum absolute atomic E-state index is 0.0295. The molecular formula is C43H87B2NO3. The van der Waals surface area contributed by atoms with Crippen LogP contribution in [0, 0.1) is 10.8 Å². The standard InChI is InChI=1S/C43H87B2NO3/c1-13-16-19-22-25-28-43(12,29-26-23-20-17-14-2)49-31-30-38(4,5)34-42(11,45)33-37(48)46-40(8,9)35-41(10,44)32-36(47)39(6,7)27-24-21-18-15-3/h13-35,44-45H2,1-12H3,(H,46,48). The van der Waals surface area contributed by atoms with E-state index in [1.54, 1.807) is 0 Å². The average Bonchev–Trinajstić information content (AvgIpc) is 2.92. The van der Waals surface area contributed by atoms with E-state index >= 15 is 0 Å². The molecule has 0 bridgehead atoms. The second kappa shape index (κ2) is 23.0. The second-order valence-electron chi connectivity index (χ2n) is 20.1. The molecule has 49 heavy (non-hydrogen) atoms. The van der Waals surface area contributed by atoms with E-state index in [1.807, 2.05) is 0 Å². The quantitative estimate of drug-likeness (QED) is 0.0583. The van der Waals surface area contributed by atoms with Crippen molar-refractivity contribution in [1.29, 1.82) is 0 Å². The van der Waals surface area contributed by atoms with E-state index in [-0.39, 0.29) is 38.5 Å². The lowest BCUT2D eigenvalue weighted by molar-refractivity contribution is -0.128. The molecule has 0 spiro atoms. The van der Waals surface area contributed by atoms with Crippen LogP contribution in [0.2, 0.25) is 10.6 Å². The molecule has 288 valence electrons. The summed E-state index contributed by atoms with van der Waals surface area (Å²) in [6.45, 7) is 27.5. The van der Waals surface area contributed by atoms with Crippen LogP contribution in [-0.2, 0) is 14.3 Å². The largest absolute Gasteiger partial charge is 0.375 e. The number of ether oxygens (including phenoxy) is 1. The van der Waals surface area contributed by atoms with Crippen molar-refractivity contribution in [2.45, 2.75) is 246 Å². The third-order valence-electron chi connectivity index (χ3n) is 10.9. The Morgan fingerprint density at radius 1 is 0.551 bits per heavy atom. The fourth-order valence-corrected chi connectivity index (χ4v) is 8.46. The molecule has 2 atom stereocenters. The van der Waals surface area contributed by atoms with Gasteiger partial charge in [-0.3, -0.25) is 9.59 Å². The third-order valence-corrected chi connectivity index (χ3v) is 10.9. The average molecular weight is 688 g/mol. The zero-order chi connectivity index (χ0) is 37.8. The number of nitrogens with one attached hydrogen (secondary N) is 1. The maximum absolute atomic E-state index is 13.5. The first-order chi connectivity index (χ1) is 22.5. The topological polar surface area (TPSA) is 55.4 Å². The Hall–Kier alpha value is -0.770. The van der Waals surface area contributed by atoms with Crippen molar-refractivity contribution in [3.05, 3.63) is 0 Å². The lowest BCUT2D eigenvalue weighted by Gasteiger charge is -2.39. The number of unbranched alkanes of at least 4 members (excludes halogenated alkanes) is 11. The van der Waals surface area contributed by atoms with Gasteiger partial charge >= 0.3 is 0 Å². The zero-order valence-corrected chi connectivity index (χ0v) is 36.0. The van der Waals surface area contributed by atoms with Gasteiger partial charge in [-0.1, -0.05) is 163 Å². The van der Waals surface area contributed by atoms with Gasteiger partial charge in [0.05, 0.1) is 5.60 Å². The lowest BCUT2D eigenvalue weighted by Crippen LogP contribution is -2.47. The predicted molar refractivity (Wildman–Crippen MR) is 222 cm³/mol. The minimum Gasteiger partial charge on any atom is -0.375 e. The molecule has 0 rings (SSSR count). The van der Waals surface area contributed by atoms with Gasteiger partial charge in [-0.05, 0) is 64.7 Å². The van der Waals surface area contributed by atoms with E-state index < -0.39 is 0 Å². The first-order valence-corrected chi connectivity index (χ1v) is 21.0. The van der Waals surface area contributed by atoms with Gasteiger partial charge in [-0.15, -0.1) is 0 Å². The lowest BCUT2D eigenvalue weighted by atomic mass is 9.59. The van der Waals surface area contributed by atoms with Gasteiger partial charge in [0.25, 0.3) is 0 Å². The molecule has 0 saturated carbocycles. The Bertz CT molecular complexity index is 895. The van der Waals surface area contributed by atoms with Gasteiger partial charge in [0.1, 0.15) is 21.5 Å². The molecule has 0 radical (unpaired) electrons. The van der Waals surface area contributed by atoms with Gasteiger partial charge in [-0.2, -0.15) is 0 Å². The van der Waals surface area contributed by atoms with Crippen LogP contribution in [0.5, 0.6) is 0 Å². The molecular weight excluding hydrogens is 600 g/mol. The van der Waals surface area contributed by atoms with E-state index in [2.05, 4.69) is 104 Å². The highest BCUT2D eigenvalue weighted by Gasteiger charge is 2.37. The maximum atomic E-state index is 13.5. The Kier molecular flexibility index (Phi) is 22.7. The number of Topliss-reactive ketones (excluding diaryl/α,β-unsaturated/α-hetero) is 1. The van der Waals surface area contributed by atoms with Crippen molar-refractivity contribution in [3.8, 4) is 0 Å². The highest BCUT2D eigenvalue weighted by atomic mass is 16.5. The summed E-state index contributed by atoms with van der Waals surface area (Å²) in [5.74, 6) is 0.460. The summed E-state index contributed by atoms with van der Waals surface area (Å²) >= 11 is 0. The van der Waals surface area contributed by atoms with Crippen LogP contribution in [0.4, 0.5) is 0 Å². The number of ketones is 1. The van der Waals surface area contributed by atoms with Crippen molar-refractivity contribution in [1.82, 2.24) is 5.32 Å². The van der Waals surface area contributed by atoms with E-state index in [9.17, 15) is 9.59 Å². The highest BCUT2D eigenvalue weighted by Crippen LogP contribution is 2.43. The number of hydrogen-bond donors (Lipinski definition) is 1. The molecule has 0 aliphatic carbocycles. The zero-order valence-electron chi connectivity index (χ0n) is 36.0. The summed E-state index contributed by atoms with van der Waals surface area (Å²) in [5.41, 5.74) is -0.628. The van der Waals surface area contributed by atoms with Crippen molar-refractivity contribution in [3.63, 3.8) is 0 Å². The van der Waals surface area contributed by atoms with E-state index in [1.165, 1.54) is 83.5 Å². The number of hydrogen-bond acceptors (Lipinski definition) is 3. The van der Waals surface area contributed by atoms with Crippen LogP contribution in [0.3, 0.4) is 0 Å². The molecule has 4 nitrogen and oxygen atoms in total. The Labute approximate surface area is 309 Å². The summed E-state index contributed by atoms with van der Waals surface area (Å²) in [6, 6.07) is 0. The Morgan fingerprint density at radius 2 is 0.980 bits per heavy atom. The summed E-state index contributed by atoms with van der Waals surface area (Å²) in [4.78, 5) is 26.8. The normalized spacial score (nSPS) is 15.5. The van der Waals surface area contributed by atoms with Crippen LogP contribution in [0.15, 0.2) is 0 Å². The summed E-state index contributed by atoms with van der Waals surface area (Å²) < 4.78 is 6.76. The van der Waals surface area contributed by atoms with Crippen molar-refractivity contribution in [2.24, 2.45) is 10.8 Å². The summed E-state index contributed by atoms with van der Waals surface area (Å²) in [6.07, 6.45) is 24.9. The minimum atomic E-state index is -0.386. The van der Waals surface area contributed by atoms with Crippen molar-refractivity contribution < 1.29 is 14.3 Å². The van der Waals surface area contributed by atoms with Crippen molar-refractivity contribution >= 4 is 27.4 Å². The van der Waals surface area contributed by atoms with E-state index in [0.717, 1.165) is 51.6 Å². The third kappa shape index (κ3) is 24.2. The molecule has 0 aliphatic rings. The fourth-order valence-electron chi connectivity index (χ4n) is 8.46. The van der Waals surface area contributed by atoms with Crippen LogP contribution in [-0.4, -0.2) is 45.1 Å². The van der Waals surface area contributed by atoms with Crippen LogP contribution >= 0.6 is 0 Å². The number of amides is 1. The van der Waals surface area contributed by atoms with Gasteiger partial charge in [0.15, 0.2) is 0 Å². The molecule has 1 amide bonds. The van der Waals surface area contributed by atoms with Crippen LogP contribution in [0.1, 0.15) is 224 Å². The van der Waals surface area contributed by atoms with E-state index in [4.69, 9.17) is 4.74 Å². The molecule has 0 aromatic heterocycles. The first kappa shape index (κ1) is 48.2. The molecule has 0 fully saturated rings. The molecule has 0 saturated heterocycles. The fraction of sp³-hybridized carbons (Fsp3) is 0.953. The molecule has 0 heterocycles. The summed E-state index contributed by atoms with van der Waals surface area (Å²) in [7, 11) is 4.43. The molecule has 0 aromatic rings. The molecule has 0 aliphatic heterocycles. The van der Waals surface area contributed by atoms with Gasteiger partial charge in [0, 0.05) is 30.4 Å². The molecule has 1 N–H and O–H groups in total. The maximum Gasteiger partial charge on any atom is 0.220 e. The second-order valence-corrected chi connectivity index (χ2v) is 20.1. The summed E-state index contributed by atoms with van der Waals surface area (Å²) in [5, 5.41) is 3.05. The van der Waals surface area contributed by atoms with Crippen LogP contribution < -0.4 is 5.32 Å². The smallest absolute Gasteiger partial charge is 0.220 e. The molecule has 2 unspecified atom stereocenters. The van der Waals surface area contributed by atoms with Gasteiger partial charge in [0.2, 0.25) is 5.91 Å². The monoisotopic (exact) mass is 688 g/mol. The number of rotatable bonds is 31. The first-order valence-electron chi connectivity index (χ1n) is 21.0. The number of carbonyl (C=O) groups excluding carboxylic acids is 2. The van der Waals surface area contributed by atoms with Crippen molar-refractivity contribution in [2.75, 3.05) is 6.61 Å². The molecule has 0 aromatic carbocycles. The number of carbonyl (C=O) groups is 2. The SMILES string of the molecule is BC(C)(CC(=O)NC(C)(C)CC(B)(C)CC(=O)C(C)(C)CCCCCC)CC(C)(C)CCOC(C)(CCCCCCC)CCCCCCC. The Balaban J connectivity index is 5.07. The van der Waals surface area contributed by atoms with Gasteiger partial charge < -0.3 is 10.1 Å². The Morgan fingerprint density at radius 3 is 1.47 bits per heavy atom. The predicted octanol–water partition coefficient (Wildman–Crippen LogP) is 11.5. The molecule has 6 heteroatoms. The van der Waals surface area contributed by atoms with E-state index in [0.29, 0.717) is 18.6 Å². The van der Waals surface area contributed by atoms with Crippen LogP contribution in [0.25, 0.3) is 0 Å². The highest BCUT2D eigenvalue weighted by molar-refractivity contribution is 6.17. The van der Waals surface area contributed by atoms with Gasteiger partial charge in [-0.25, -0.2) is 0 Å².